The van der Waals surface area contributed by atoms with Crippen molar-refractivity contribution < 1.29 is 0 Å². The summed E-state index contributed by atoms with van der Waals surface area (Å²) < 4.78 is 0. The number of piperazine rings is 1. The van der Waals surface area contributed by atoms with E-state index in [1.54, 1.807) is 6.33 Å². The summed E-state index contributed by atoms with van der Waals surface area (Å²) in [5.41, 5.74) is 10.9. The Bertz CT molecular complexity index is 1270. The summed E-state index contributed by atoms with van der Waals surface area (Å²) in [6.07, 6.45) is 1.56. The van der Waals surface area contributed by atoms with Gasteiger partial charge in [-0.1, -0.05) is 35.9 Å². The highest BCUT2D eigenvalue weighted by Crippen LogP contribution is 2.32. The summed E-state index contributed by atoms with van der Waals surface area (Å²) in [6.45, 7) is 5.32. The number of nitrogens with one attached hydrogen (secondary N) is 1. The SMILES string of the molecule is Cc1ccc2cccc(Nc3ncnc(N4CCN(c5cccc(Cl)c5)CC4)c3N)c2n1. The number of hydrogen-bond donors (Lipinski definition) is 2. The first-order valence-electron chi connectivity index (χ1n) is 10.6. The maximum absolute atomic E-state index is 6.52. The molecule has 5 rings (SSSR count). The Balaban J connectivity index is 1.36. The Morgan fingerprint density at radius 2 is 1.72 bits per heavy atom. The Kier molecular flexibility index (Phi) is 5.41. The van der Waals surface area contributed by atoms with Crippen LogP contribution in [0, 0.1) is 6.92 Å². The Morgan fingerprint density at radius 3 is 2.53 bits per heavy atom. The molecule has 1 saturated heterocycles. The molecule has 0 bridgehead atoms. The second-order valence-corrected chi connectivity index (χ2v) is 8.30. The number of nitrogen functional groups attached to an aromatic ring is 1. The average Bonchev–Trinajstić information content (AvgIpc) is 2.81. The smallest absolute Gasteiger partial charge is 0.159 e. The van der Waals surface area contributed by atoms with Crippen LogP contribution in [0.4, 0.5) is 28.7 Å². The molecule has 3 heterocycles. The van der Waals surface area contributed by atoms with Crippen LogP contribution in [0.3, 0.4) is 0 Å². The molecule has 0 spiro atoms. The number of aryl methyl sites for hydroxylation is 1. The average molecular weight is 446 g/mol. The molecule has 2 aromatic heterocycles. The molecule has 1 aliphatic rings. The lowest BCUT2D eigenvalue weighted by Crippen LogP contribution is -2.47. The Hall–Kier alpha value is -3.58. The fraction of sp³-hybridized carbons (Fsp3) is 0.208. The Morgan fingerprint density at radius 1 is 0.938 bits per heavy atom. The number of para-hydroxylation sites is 1. The lowest BCUT2D eigenvalue weighted by molar-refractivity contribution is 0.647. The molecule has 8 heteroatoms. The molecule has 32 heavy (non-hydrogen) atoms. The molecule has 0 atom stereocenters. The van der Waals surface area contributed by atoms with E-state index in [9.17, 15) is 0 Å². The van der Waals surface area contributed by atoms with Gasteiger partial charge in [-0.3, -0.25) is 4.98 Å². The fourth-order valence-electron chi connectivity index (χ4n) is 4.06. The van der Waals surface area contributed by atoms with Crippen molar-refractivity contribution in [3.8, 4) is 0 Å². The van der Waals surface area contributed by atoms with Gasteiger partial charge in [-0.05, 0) is 37.3 Å². The summed E-state index contributed by atoms with van der Waals surface area (Å²) in [4.78, 5) is 18.1. The van der Waals surface area contributed by atoms with Crippen LogP contribution in [-0.4, -0.2) is 41.1 Å². The van der Waals surface area contributed by atoms with Gasteiger partial charge in [0.15, 0.2) is 11.6 Å². The predicted molar refractivity (Wildman–Crippen MR) is 132 cm³/mol. The minimum Gasteiger partial charge on any atom is -0.393 e. The summed E-state index contributed by atoms with van der Waals surface area (Å²) in [6, 6.07) is 18.1. The van der Waals surface area contributed by atoms with Gasteiger partial charge in [0, 0.05) is 48.0 Å². The highest BCUT2D eigenvalue weighted by molar-refractivity contribution is 6.30. The number of aromatic nitrogens is 3. The van der Waals surface area contributed by atoms with E-state index in [-0.39, 0.29) is 0 Å². The van der Waals surface area contributed by atoms with E-state index in [0.717, 1.165) is 65.0 Å². The van der Waals surface area contributed by atoms with Gasteiger partial charge < -0.3 is 20.9 Å². The third-order valence-electron chi connectivity index (χ3n) is 5.73. The molecule has 0 aliphatic carbocycles. The van der Waals surface area contributed by atoms with Gasteiger partial charge in [0.05, 0.1) is 11.2 Å². The third kappa shape index (κ3) is 3.99. The van der Waals surface area contributed by atoms with Gasteiger partial charge in [0.1, 0.15) is 12.0 Å². The molecule has 1 fully saturated rings. The zero-order chi connectivity index (χ0) is 22.1. The minimum absolute atomic E-state index is 0.536. The molecule has 162 valence electrons. The number of benzene rings is 2. The molecule has 4 aromatic rings. The number of halogens is 1. The maximum atomic E-state index is 6.52. The van der Waals surface area contributed by atoms with Crippen molar-refractivity contribution in [2.24, 2.45) is 0 Å². The summed E-state index contributed by atoms with van der Waals surface area (Å²) in [5.74, 6) is 1.33. The first-order chi connectivity index (χ1) is 15.6. The minimum atomic E-state index is 0.536. The largest absolute Gasteiger partial charge is 0.393 e. The number of nitrogens with zero attached hydrogens (tertiary/aromatic N) is 5. The monoisotopic (exact) mass is 445 g/mol. The third-order valence-corrected chi connectivity index (χ3v) is 5.96. The van der Waals surface area contributed by atoms with Crippen molar-refractivity contribution in [3.63, 3.8) is 0 Å². The van der Waals surface area contributed by atoms with Gasteiger partial charge in [-0.2, -0.15) is 0 Å². The quantitative estimate of drug-likeness (QED) is 0.473. The topological polar surface area (TPSA) is 83.2 Å². The second kappa shape index (κ2) is 8.51. The molecule has 3 N–H and O–H groups in total. The fourth-order valence-corrected chi connectivity index (χ4v) is 4.24. The molecule has 2 aromatic carbocycles. The van der Waals surface area contributed by atoms with Gasteiger partial charge in [0.2, 0.25) is 0 Å². The highest BCUT2D eigenvalue weighted by atomic mass is 35.5. The zero-order valence-electron chi connectivity index (χ0n) is 17.8. The van der Waals surface area contributed by atoms with Crippen LogP contribution in [0.5, 0.6) is 0 Å². The van der Waals surface area contributed by atoms with Crippen LogP contribution >= 0.6 is 11.6 Å². The van der Waals surface area contributed by atoms with Gasteiger partial charge in [0.25, 0.3) is 0 Å². The van der Waals surface area contributed by atoms with Crippen molar-refractivity contribution in [3.05, 3.63) is 71.6 Å². The number of nitrogens with two attached hydrogens (primary N) is 1. The molecule has 0 unspecified atom stereocenters. The number of anilines is 5. The van der Waals surface area contributed by atoms with E-state index in [4.69, 9.17) is 17.3 Å². The van der Waals surface area contributed by atoms with Crippen molar-refractivity contribution in [1.82, 2.24) is 15.0 Å². The van der Waals surface area contributed by atoms with Crippen LogP contribution in [0.15, 0.2) is 60.9 Å². The zero-order valence-corrected chi connectivity index (χ0v) is 18.5. The van der Waals surface area contributed by atoms with Crippen LogP contribution in [0.2, 0.25) is 5.02 Å². The van der Waals surface area contributed by atoms with E-state index in [2.05, 4.69) is 42.2 Å². The van der Waals surface area contributed by atoms with Crippen molar-refractivity contribution in [2.75, 3.05) is 47.0 Å². The number of hydrogen-bond acceptors (Lipinski definition) is 7. The maximum Gasteiger partial charge on any atom is 0.159 e. The van der Waals surface area contributed by atoms with Crippen LogP contribution in [-0.2, 0) is 0 Å². The Labute approximate surface area is 191 Å². The van der Waals surface area contributed by atoms with Crippen LogP contribution < -0.4 is 20.9 Å². The molecular formula is C24H24ClN7. The van der Waals surface area contributed by atoms with Crippen molar-refractivity contribution in [2.45, 2.75) is 6.92 Å². The predicted octanol–water partition coefficient (Wildman–Crippen LogP) is 4.64. The first kappa shape index (κ1) is 20.3. The van der Waals surface area contributed by atoms with E-state index in [0.29, 0.717) is 11.5 Å². The molecular weight excluding hydrogens is 422 g/mol. The van der Waals surface area contributed by atoms with E-state index < -0.39 is 0 Å². The van der Waals surface area contributed by atoms with Gasteiger partial charge in [-0.15, -0.1) is 0 Å². The molecule has 0 amide bonds. The molecule has 0 saturated carbocycles. The van der Waals surface area contributed by atoms with E-state index in [1.807, 2.05) is 49.4 Å². The first-order valence-corrected chi connectivity index (χ1v) is 11.0. The van der Waals surface area contributed by atoms with E-state index >= 15 is 0 Å². The summed E-state index contributed by atoms with van der Waals surface area (Å²) in [5, 5.41) is 5.18. The van der Waals surface area contributed by atoms with Gasteiger partial charge in [-0.25, -0.2) is 9.97 Å². The molecule has 7 nitrogen and oxygen atoms in total. The number of pyridine rings is 1. The van der Waals surface area contributed by atoms with Crippen LogP contribution in [0.25, 0.3) is 10.9 Å². The molecule has 0 radical (unpaired) electrons. The van der Waals surface area contributed by atoms with Crippen molar-refractivity contribution in [1.29, 1.82) is 0 Å². The van der Waals surface area contributed by atoms with Crippen LogP contribution in [0.1, 0.15) is 5.69 Å². The highest BCUT2D eigenvalue weighted by Gasteiger charge is 2.22. The second-order valence-electron chi connectivity index (χ2n) is 7.87. The van der Waals surface area contributed by atoms with Gasteiger partial charge >= 0.3 is 0 Å². The van der Waals surface area contributed by atoms with Crippen molar-refractivity contribution >= 4 is 51.2 Å². The lowest BCUT2D eigenvalue weighted by atomic mass is 10.1. The van der Waals surface area contributed by atoms with E-state index in [1.165, 1.54) is 0 Å². The normalized spacial score (nSPS) is 14.1. The summed E-state index contributed by atoms with van der Waals surface area (Å²) >= 11 is 6.16. The number of rotatable bonds is 4. The lowest BCUT2D eigenvalue weighted by Gasteiger charge is -2.37. The molecule has 1 aliphatic heterocycles. The summed E-state index contributed by atoms with van der Waals surface area (Å²) in [7, 11) is 0. The number of fused-ring (bicyclic) bond motifs is 1. The standard InChI is InChI=1S/C24H24ClN7/c1-16-8-9-17-4-2-7-20(22(17)29-16)30-23-21(26)24(28-15-27-23)32-12-10-31(11-13-32)19-6-3-5-18(25)14-19/h2-9,14-15H,10-13,26H2,1H3,(H,27,28,30).